The van der Waals surface area contributed by atoms with Crippen LogP contribution in [-0.2, 0) is 15.5 Å². The van der Waals surface area contributed by atoms with Crippen molar-refractivity contribution >= 4 is 40.8 Å². The van der Waals surface area contributed by atoms with Gasteiger partial charge < -0.3 is 20.3 Å². The van der Waals surface area contributed by atoms with E-state index in [1.54, 1.807) is 45.4 Å². The third-order valence-electron chi connectivity index (χ3n) is 5.75. The van der Waals surface area contributed by atoms with Gasteiger partial charge in [-0.2, -0.15) is 13.2 Å². The van der Waals surface area contributed by atoms with E-state index in [4.69, 9.17) is 0 Å². The van der Waals surface area contributed by atoms with Crippen molar-refractivity contribution in [3.8, 4) is 0 Å². The standard InChI is InChI=1S/C24H28F3N4O3P/c1-12-16(8-7-9-18(12)24(25,26)27)13(2)29-22-17-10-21(35(5,6)34)20(28-14(3)23(32)33)11-19(17)30-15(4)31-22/h7-11,13-14,28H,1-6H3,(H,32,33)(H,29,30,31)/t13-,14?/m1/s1. The highest BCUT2D eigenvalue weighted by atomic mass is 31.2. The predicted molar refractivity (Wildman–Crippen MR) is 132 cm³/mol. The maximum Gasteiger partial charge on any atom is 0.416 e. The molecule has 11 heteroatoms. The number of rotatable bonds is 7. The monoisotopic (exact) mass is 508 g/mol. The van der Waals surface area contributed by atoms with E-state index in [9.17, 15) is 27.6 Å². The second kappa shape index (κ2) is 9.49. The molecule has 3 rings (SSSR count). The topological polar surface area (TPSA) is 104 Å². The summed E-state index contributed by atoms with van der Waals surface area (Å²) in [6, 6.07) is 5.88. The fourth-order valence-electron chi connectivity index (χ4n) is 3.96. The average molecular weight is 508 g/mol. The maximum atomic E-state index is 13.4. The van der Waals surface area contributed by atoms with Gasteiger partial charge in [0.15, 0.2) is 0 Å². The predicted octanol–water partition coefficient (Wildman–Crippen LogP) is 5.57. The molecule has 0 spiro atoms. The van der Waals surface area contributed by atoms with Crippen molar-refractivity contribution in [3.63, 3.8) is 0 Å². The number of aryl methyl sites for hydroxylation is 1. The molecule has 3 aromatic rings. The Morgan fingerprint density at radius 2 is 1.74 bits per heavy atom. The van der Waals surface area contributed by atoms with Gasteiger partial charge in [0.25, 0.3) is 0 Å². The highest BCUT2D eigenvalue weighted by Gasteiger charge is 2.33. The van der Waals surface area contributed by atoms with Crippen LogP contribution in [0.2, 0.25) is 0 Å². The number of hydrogen-bond donors (Lipinski definition) is 3. The molecule has 7 nitrogen and oxygen atoms in total. The van der Waals surface area contributed by atoms with Crippen molar-refractivity contribution in [3.05, 3.63) is 52.8 Å². The van der Waals surface area contributed by atoms with E-state index in [1.165, 1.54) is 19.9 Å². The minimum Gasteiger partial charge on any atom is -0.480 e. The summed E-state index contributed by atoms with van der Waals surface area (Å²) >= 11 is 0. The summed E-state index contributed by atoms with van der Waals surface area (Å²) in [6.07, 6.45) is -4.47. The summed E-state index contributed by atoms with van der Waals surface area (Å²) in [5.74, 6) is -0.275. The first-order valence-corrected chi connectivity index (χ1v) is 13.5. The SMILES string of the molecule is Cc1nc(N[C@H](C)c2cccc(C(F)(F)F)c2C)c2cc(P(C)(C)=O)c(NC(C)C(=O)O)cc2n1. The highest BCUT2D eigenvalue weighted by Crippen LogP contribution is 2.41. The molecular weight excluding hydrogens is 480 g/mol. The largest absolute Gasteiger partial charge is 0.480 e. The molecule has 3 N–H and O–H groups in total. The summed E-state index contributed by atoms with van der Waals surface area (Å²) in [5.41, 5.74) is 0.763. The van der Waals surface area contributed by atoms with Gasteiger partial charge in [0.1, 0.15) is 24.8 Å². The van der Waals surface area contributed by atoms with Crippen molar-refractivity contribution in [2.24, 2.45) is 0 Å². The number of halogens is 3. The molecule has 1 unspecified atom stereocenters. The number of fused-ring (bicyclic) bond motifs is 1. The number of nitrogens with one attached hydrogen (secondary N) is 2. The Morgan fingerprint density at radius 3 is 2.31 bits per heavy atom. The summed E-state index contributed by atoms with van der Waals surface area (Å²) in [6.45, 7) is 9.47. The zero-order valence-corrected chi connectivity index (χ0v) is 21.2. The normalized spacial score (nSPS) is 14.0. The maximum absolute atomic E-state index is 13.4. The van der Waals surface area contributed by atoms with Crippen molar-refractivity contribution in [1.29, 1.82) is 0 Å². The number of carboxylic acid groups (broad SMARTS) is 1. The van der Waals surface area contributed by atoms with Crippen molar-refractivity contribution < 1.29 is 27.6 Å². The average Bonchev–Trinajstić information content (AvgIpc) is 2.71. The van der Waals surface area contributed by atoms with E-state index < -0.39 is 36.9 Å². The number of alkyl halides is 3. The smallest absolute Gasteiger partial charge is 0.416 e. The molecule has 35 heavy (non-hydrogen) atoms. The summed E-state index contributed by atoms with van der Waals surface area (Å²) in [5, 5.41) is 16.3. The summed E-state index contributed by atoms with van der Waals surface area (Å²) in [4.78, 5) is 20.3. The van der Waals surface area contributed by atoms with Gasteiger partial charge in [0, 0.05) is 16.4 Å². The molecule has 0 fully saturated rings. The number of hydrogen-bond acceptors (Lipinski definition) is 6. The number of carbonyl (C=O) groups is 1. The number of nitrogens with zero attached hydrogens (tertiary/aromatic N) is 2. The quantitative estimate of drug-likeness (QED) is 0.359. The summed E-state index contributed by atoms with van der Waals surface area (Å²) in [7, 11) is -2.87. The summed E-state index contributed by atoms with van der Waals surface area (Å²) < 4.78 is 53.3. The molecule has 0 aliphatic carbocycles. The number of benzene rings is 2. The van der Waals surface area contributed by atoms with Gasteiger partial charge in [0.05, 0.1) is 17.1 Å². The van der Waals surface area contributed by atoms with Crippen LogP contribution in [0.25, 0.3) is 10.9 Å². The number of aliphatic carboxylic acids is 1. The van der Waals surface area contributed by atoms with Crippen LogP contribution >= 0.6 is 7.14 Å². The van der Waals surface area contributed by atoms with Crippen LogP contribution in [0, 0.1) is 13.8 Å². The molecule has 1 aromatic heterocycles. The van der Waals surface area contributed by atoms with Crippen LogP contribution in [0.1, 0.15) is 42.4 Å². The molecule has 0 aliphatic heterocycles. The van der Waals surface area contributed by atoms with Crippen LogP contribution in [0.5, 0.6) is 0 Å². The molecule has 188 valence electrons. The minimum atomic E-state index is -4.47. The van der Waals surface area contributed by atoms with E-state index in [2.05, 4.69) is 20.6 Å². The van der Waals surface area contributed by atoms with E-state index >= 15 is 0 Å². The Kier molecular flexibility index (Phi) is 7.18. The first-order chi connectivity index (χ1) is 16.1. The zero-order valence-electron chi connectivity index (χ0n) is 20.3. The molecule has 2 atom stereocenters. The van der Waals surface area contributed by atoms with Crippen LogP contribution < -0.4 is 15.9 Å². The Balaban J connectivity index is 2.13. The van der Waals surface area contributed by atoms with Gasteiger partial charge >= 0.3 is 12.1 Å². The van der Waals surface area contributed by atoms with Gasteiger partial charge in [-0.25, -0.2) is 9.97 Å². The zero-order chi connectivity index (χ0) is 26.3. The van der Waals surface area contributed by atoms with Gasteiger partial charge in [-0.1, -0.05) is 12.1 Å². The molecule has 0 radical (unpaired) electrons. The lowest BCUT2D eigenvalue weighted by Crippen LogP contribution is -2.28. The van der Waals surface area contributed by atoms with E-state index in [1.807, 2.05) is 0 Å². The minimum absolute atomic E-state index is 0.122. The number of carboxylic acids is 1. The van der Waals surface area contributed by atoms with Crippen molar-refractivity contribution in [1.82, 2.24) is 9.97 Å². The second-order valence-corrected chi connectivity index (χ2v) is 12.1. The molecular formula is C24H28F3N4O3P. The van der Waals surface area contributed by atoms with Crippen LogP contribution in [0.3, 0.4) is 0 Å². The Bertz CT molecular complexity index is 1340. The van der Waals surface area contributed by atoms with Crippen molar-refractivity contribution in [2.75, 3.05) is 24.0 Å². The first-order valence-electron chi connectivity index (χ1n) is 10.9. The van der Waals surface area contributed by atoms with Crippen LogP contribution in [0.15, 0.2) is 30.3 Å². The third kappa shape index (κ3) is 5.75. The molecule has 0 bridgehead atoms. The first kappa shape index (κ1) is 26.5. The lowest BCUT2D eigenvalue weighted by atomic mass is 9.97. The van der Waals surface area contributed by atoms with Crippen LogP contribution in [-0.4, -0.2) is 40.4 Å². The van der Waals surface area contributed by atoms with E-state index in [0.717, 1.165) is 6.07 Å². The fourth-order valence-corrected chi connectivity index (χ4v) is 5.11. The highest BCUT2D eigenvalue weighted by molar-refractivity contribution is 7.70. The molecule has 0 saturated carbocycles. The van der Waals surface area contributed by atoms with Crippen molar-refractivity contribution in [2.45, 2.75) is 46.0 Å². The molecule has 2 aromatic carbocycles. The molecule has 1 heterocycles. The Hall–Kier alpha value is -3.13. The molecule has 0 saturated heterocycles. The van der Waals surface area contributed by atoms with E-state index in [-0.39, 0.29) is 5.56 Å². The third-order valence-corrected chi connectivity index (χ3v) is 7.28. The van der Waals surface area contributed by atoms with E-state index in [0.29, 0.717) is 39.1 Å². The fraction of sp³-hybridized carbons (Fsp3) is 0.375. The lowest BCUT2D eigenvalue weighted by Gasteiger charge is -2.22. The van der Waals surface area contributed by atoms with Crippen LogP contribution in [0.4, 0.5) is 24.7 Å². The lowest BCUT2D eigenvalue weighted by molar-refractivity contribution is -0.138. The molecule has 0 aliphatic rings. The van der Waals surface area contributed by atoms with Gasteiger partial charge in [-0.15, -0.1) is 0 Å². The Morgan fingerprint density at radius 1 is 1.09 bits per heavy atom. The van der Waals surface area contributed by atoms with Gasteiger partial charge in [-0.3, -0.25) is 4.79 Å². The second-order valence-electron chi connectivity index (χ2n) is 8.94. The number of anilines is 2. The Labute approximate surface area is 201 Å². The number of aromatic nitrogens is 2. The van der Waals surface area contributed by atoms with Gasteiger partial charge in [0.2, 0.25) is 0 Å². The molecule has 0 amide bonds. The van der Waals surface area contributed by atoms with Gasteiger partial charge in [-0.05, 0) is 70.4 Å².